The van der Waals surface area contributed by atoms with Gasteiger partial charge in [0.2, 0.25) is 0 Å². The Bertz CT molecular complexity index is 4310. The predicted molar refractivity (Wildman–Crippen MR) is 443 cm³/mol. The molecule has 4 aliphatic heterocycles. The molecule has 5 aromatic carbocycles. The van der Waals surface area contributed by atoms with E-state index in [0.29, 0.717) is 11.1 Å². The van der Waals surface area contributed by atoms with Crippen LogP contribution in [0.4, 0.5) is 0 Å². The van der Waals surface area contributed by atoms with Gasteiger partial charge in [0.25, 0.3) is 0 Å². The van der Waals surface area contributed by atoms with E-state index in [2.05, 4.69) is 128 Å². The van der Waals surface area contributed by atoms with Gasteiger partial charge >= 0.3 is 13.7 Å². The van der Waals surface area contributed by atoms with Crippen LogP contribution in [0.15, 0.2) is 191 Å². The molecule has 2 aromatic heterocycles. The Kier molecular flexibility index (Phi) is 71.2. The summed E-state index contributed by atoms with van der Waals surface area (Å²) in [5, 5.41) is 39.7. The smallest absolute Gasteiger partial charge is 0.412 e. The van der Waals surface area contributed by atoms with E-state index >= 15 is 0 Å². The molecule has 7 aromatic rings. The first-order chi connectivity index (χ1) is 44.8. The van der Waals surface area contributed by atoms with Gasteiger partial charge in [0.15, 0.2) is 31.5 Å². The third kappa shape index (κ3) is 37.0. The van der Waals surface area contributed by atoms with E-state index in [-0.39, 0.29) is 245 Å². The Labute approximate surface area is 814 Å². The Morgan fingerprint density at radius 2 is 0.500 bits per heavy atom. The zero-order chi connectivity index (χ0) is 69.8. The molecule has 6 bridgehead atoms. The number of aliphatic hydroxyl groups is 4. The predicted octanol–water partition coefficient (Wildman–Crippen LogP) is 2.51. The fourth-order valence-corrected chi connectivity index (χ4v) is 14.9. The van der Waals surface area contributed by atoms with Gasteiger partial charge in [0.05, 0.1) is 56.4 Å². The van der Waals surface area contributed by atoms with Gasteiger partial charge in [-0.15, -0.1) is 0 Å². The van der Waals surface area contributed by atoms with E-state index in [4.69, 9.17) is 58.7 Å². The van der Waals surface area contributed by atoms with Crippen LogP contribution < -0.4 is 10.7 Å². The summed E-state index contributed by atoms with van der Waals surface area (Å²) in [4.78, 5) is 11.3. The molecule has 0 saturated heterocycles. The number of hydrogen-bond donors (Lipinski definition) is 4. The largest absolute Gasteiger partial charge is 0.717 e. The molecule has 0 radical (unpaired) electrons. The van der Waals surface area contributed by atoms with Crippen molar-refractivity contribution in [2.45, 2.75) is 197 Å². The summed E-state index contributed by atoms with van der Waals surface area (Å²) in [6.07, 6.45) is 3.47. The van der Waals surface area contributed by atoms with E-state index in [1.807, 2.05) is 156 Å². The second-order valence-corrected chi connectivity index (χ2v) is 33.5. The number of benzene rings is 5. The van der Waals surface area contributed by atoms with Crippen molar-refractivity contribution in [1.29, 1.82) is 0 Å². The Hall–Kier alpha value is -2.22. The number of rotatable bonds is 15. The van der Waals surface area contributed by atoms with Gasteiger partial charge in [-0.25, -0.2) is 9.98 Å². The molecule has 0 fully saturated rings. The minimum atomic E-state index is -3.13. The number of aliphatic hydroxyl groups excluding tert-OH is 2. The summed E-state index contributed by atoms with van der Waals surface area (Å²) in [7, 11) is 8.70. The minimum absolute atomic E-state index is 0. The number of nitrogens with zero attached hydrogens (tertiary/aromatic N) is 4. The number of halogens is 1. The summed E-state index contributed by atoms with van der Waals surface area (Å²) in [6, 6.07) is 48.3. The third-order valence-electron chi connectivity index (χ3n) is 15.6. The monoisotopic (exact) mass is 2160 g/mol. The van der Waals surface area contributed by atoms with Crippen LogP contribution in [0, 0.1) is 6.92 Å². The minimum Gasteiger partial charge on any atom is -0.412 e. The van der Waals surface area contributed by atoms with E-state index in [9.17, 15) is 10.2 Å². The molecular formula is C80H126AlClN4O26Zr6. The van der Waals surface area contributed by atoms with Crippen LogP contribution in [0.2, 0.25) is 0 Å². The zero-order valence-corrected chi connectivity index (χ0v) is 86.7. The van der Waals surface area contributed by atoms with Gasteiger partial charge < -0.3 is 144 Å². The molecule has 656 valence electrons. The number of aryl methyl sites for hydroxylation is 1. The van der Waals surface area contributed by atoms with Gasteiger partial charge in [0, 0.05) is 229 Å². The maximum atomic E-state index is 10.3. The van der Waals surface area contributed by atoms with E-state index in [0.717, 1.165) is 112 Å². The molecule has 0 atom stereocenters. The molecule has 0 spiro atoms. The maximum Gasteiger partial charge on any atom is 0.717 e. The van der Waals surface area contributed by atoms with Crippen molar-refractivity contribution in [1.82, 2.24) is 7.10 Å². The fraction of sp³-hybridized carbons (Fsp3) is 0.375. The second kappa shape index (κ2) is 58.2. The van der Waals surface area contributed by atoms with E-state index in [1.165, 1.54) is 0 Å². The van der Waals surface area contributed by atoms with Gasteiger partial charge in [-0.1, -0.05) is 127 Å². The summed E-state index contributed by atoms with van der Waals surface area (Å²) in [6.45, 7) is 38.6. The second-order valence-electron chi connectivity index (χ2n) is 30.7. The zero-order valence-electron chi connectivity index (χ0n) is 70.0. The van der Waals surface area contributed by atoms with Gasteiger partial charge in [-0.3, -0.25) is 0 Å². The van der Waals surface area contributed by atoms with Gasteiger partial charge in [-0.05, 0) is 202 Å². The first kappa shape index (κ1) is 144. The third-order valence-corrected chi connectivity index (χ3v) is 18.8. The Balaban J connectivity index is -0.000000292. The average Bonchev–Trinajstić information content (AvgIpc) is 1.56. The molecule has 36 N–H and O–H groups in total. The summed E-state index contributed by atoms with van der Waals surface area (Å²) >= 11 is -3.13. The summed E-state index contributed by atoms with van der Waals surface area (Å²) in [5.74, 6) is 0. The van der Waals surface area contributed by atoms with E-state index in [1.54, 1.807) is 24.3 Å². The van der Waals surface area contributed by atoms with E-state index < -0.39 is 78.7 Å². The SMILES string of the molecule is CC(C)(C)OC(OC(C)(C)C)c1ccc(C2=C3C=CC(=N3)C(c3ccc(C(O)O)cc3)=c3ccc4[n]3[Al]([Cl])[n]3c2ccc3C(c2ccc(C(OC(C)(C)C)OC(C)(C)C)cc2)=C2C=CC(=N2)C=4c2ccc(C(OC(C)(C)C)OC(C)(C)C)cc2)cc1.Cc1ccc(C(O)O)cc1.O.O.O.O.O.O.O.O.O.O.O.O.O.O.O.O.[Zr].[Zr].[Zr].[Zr].[Zr].[Zr]. The summed E-state index contributed by atoms with van der Waals surface area (Å²) in [5.41, 5.74) is 13.5. The van der Waals surface area contributed by atoms with Crippen molar-refractivity contribution < 1.29 is 294 Å². The van der Waals surface area contributed by atoms with Crippen molar-refractivity contribution in [3.63, 3.8) is 0 Å². The van der Waals surface area contributed by atoms with Crippen LogP contribution in [-0.2, 0) is 186 Å². The van der Waals surface area contributed by atoms with Crippen LogP contribution in [0.25, 0.3) is 22.3 Å². The van der Waals surface area contributed by atoms with Gasteiger partial charge in [-0.2, -0.15) is 10.0 Å². The molecule has 118 heavy (non-hydrogen) atoms. The van der Waals surface area contributed by atoms with Crippen molar-refractivity contribution in [2.75, 3.05) is 0 Å². The van der Waals surface area contributed by atoms with Gasteiger partial charge in [0.1, 0.15) is 0 Å². The molecule has 0 aliphatic carbocycles. The molecule has 11 rings (SSSR count). The number of fused-ring (bicyclic) bond motifs is 2. The number of allylic oxidation sites excluding steroid dienone is 4. The molecule has 38 heteroatoms. The molecule has 0 saturated carbocycles. The van der Waals surface area contributed by atoms with Crippen LogP contribution in [0.1, 0.15) is 223 Å². The molecule has 30 nitrogen and oxygen atoms in total. The molecule has 0 amide bonds. The number of ether oxygens (including phenoxy) is 6. The average molecular weight is 2170 g/mol. The Morgan fingerprint density at radius 1 is 0.288 bits per heavy atom. The van der Waals surface area contributed by atoms with Crippen molar-refractivity contribution in [2.24, 2.45) is 9.98 Å². The first-order valence-electron chi connectivity index (χ1n) is 32.9. The molecule has 0 unspecified atom stereocenters. The van der Waals surface area contributed by atoms with Crippen molar-refractivity contribution in [3.05, 3.63) is 259 Å². The topological polar surface area (TPSA) is 675 Å². The number of hydrogen-bond acceptors (Lipinski definition) is 12. The number of aromatic nitrogens is 2. The summed E-state index contributed by atoms with van der Waals surface area (Å²) < 4.78 is 44.3. The normalized spacial score (nSPS) is 12.4. The van der Waals surface area contributed by atoms with Crippen molar-refractivity contribution in [3.8, 4) is 0 Å². The maximum absolute atomic E-state index is 10.3. The van der Waals surface area contributed by atoms with Crippen molar-refractivity contribution >= 4 is 57.4 Å². The molecule has 6 heterocycles. The standard InChI is InChI=1S/C72H84N4O8.C8H10O2.Al.ClH.16H2O.6Zr/c1-67(2,3)79-64(80-68(4,5)6)48-29-21-44(22-30-48)60-53-37-35-51(73-53)59(43-19-27-47(28-20-43)63(77)78)52-36-38-54(74-52)61(45-23-31-49(32-24-45)65(81-69(7,8)9)82-70(10,11)12)56-40-42-58(76-56)62(57-41-39-55(60)75-57)46-25-33-50(34-26-46)66(83-71(13,14)15)84-72(16,17)18;1-6-2-4-7(5-3-6)8(9)10;;;;;;;;;;;;;;;;;;;;;;;;/h19-42,63-66,77-78H,1-18H3;2-5,8-10H,1H3;;1H;16*1H2;;;;;;/q-2;;+3;;;;;;;;;;;;;;;;;;;;;;;/p-1. The number of aliphatic imine (C=N–C) groups is 2. The fourth-order valence-electron chi connectivity index (χ4n) is 11.7. The molecular weight excluding hydrogens is 2040 g/mol. The van der Waals surface area contributed by atoms with Crippen LogP contribution in [0.5, 0.6) is 0 Å². The van der Waals surface area contributed by atoms with Crippen LogP contribution in [-0.4, -0.2) is 174 Å². The molecule has 4 aliphatic rings. The van der Waals surface area contributed by atoms with Crippen LogP contribution >= 0.6 is 10.0 Å². The van der Waals surface area contributed by atoms with Crippen LogP contribution in [0.3, 0.4) is 0 Å². The quantitative estimate of drug-likeness (QED) is 0.0858. The Morgan fingerprint density at radius 3 is 0.720 bits per heavy atom. The first-order valence-corrected chi connectivity index (χ1v) is 35.7.